The van der Waals surface area contributed by atoms with Crippen LogP contribution in [-0.4, -0.2) is 0 Å². The van der Waals surface area contributed by atoms with Crippen molar-refractivity contribution < 1.29 is 63.2 Å². The molecule has 0 aromatic heterocycles. The average molecular weight is 578 g/mol. The normalized spacial score (nSPS) is 0.800. The van der Waals surface area contributed by atoms with Gasteiger partial charge in [0.05, 0.1) is 0 Å². The van der Waals surface area contributed by atoms with Gasteiger partial charge in [-0.2, -0.15) is 0 Å². The molecule has 0 saturated heterocycles. The van der Waals surface area contributed by atoms with Gasteiger partial charge in [0.15, 0.2) is 0 Å². The Morgan fingerprint density at radius 2 is 0.800 bits per heavy atom. The second kappa shape index (κ2) is 41.1. The predicted molar refractivity (Wildman–Crippen MR) is 8.60 cm³/mol. The Labute approximate surface area is 75.6 Å². The molecule has 0 spiro atoms. The fourth-order valence-electron chi connectivity index (χ4n) is 0. The number of hydrogen-bond donors (Lipinski definition) is 0. The summed E-state index contributed by atoms with van der Waals surface area (Å²) >= 11 is 0. The molecule has 1 radical (unpaired) electrons. The first-order valence-electron chi connectivity index (χ1n) is 0.333. The molecule has 0 aromatic carbocycles. The smallest absolute Gasteiger partial charge is 0 e. The van der Waals surface area contributed by atoms with Crippen molar-refractivity contribution in [3.63, 3.8) is 0 Å². The van der Waals surface area contributed by atoms with Gasteiger partial charge in [-0.15, -0.1) is 0 Å². The Hall–Kier alpha value is 1.80. The van der Waals surface area contributed by atoms with Crippen molar-refractivity contribution in [1.29, 1.82) is 0 Å². The van der Waals surface area contributed by atoms with Crippen molar-refractivity contribution >= 4 is 0 Å². The first-order valence-corrected chi connectivity index (χ1v) is 0.333. The van der Waals surface area contributed by atoms with Crippen molar-refractivity contribution in [3.8, 4) is 0 Å². The fourth-order valence-corrected chi connectivity index (χ4v) is 0. The van der Waals surface area contributed by atoms with Crippen molar-refractivity contribution in [2.45, 2.75) is 0 Å². The summed E-state index contributed by atoms with van der Waals surface area (Å²) in [5.41, 5.74) is 0. The monoisotopic (exact) mass is 578 g/mol. The molecule has 0 unspecified atom stereocenters. The van der Waals surface area contributed by atoms with Gasteiger partial charge in [0.2, 0.25) is 0 Å². The Morgan fingerprint density at radius 3 is 0.800 bits per heavy atom. The second-order valence-electron chi connectivity index (χ2n) is 0. The van der Waals surface area contributed by atoms with E-state index < -0.39 is 0 Å². The van der Waals surface area contributed by atoms with E-state index in [-0.39, 0.29) is 63.2 Å². The Kier molecular flexibility index (Phi) is 240. The van der Waals surface area contributed by atoms with Crippen LogP contribution in [0.15, 0.2) is 0 Å². The third-order valence-corrected chi connectivity index (χ3v) is 0. The topological polar surface area (TPSA) is 0 Å². The van der Waals surface area contributed by atoms with E-state index in [1.807, 2.05) is 0 Å². The van der Waals surface area contributed by atoms with Crippen LogP contribution in [0.4, 0.5) is 0 Å². The number of hydrogen-bond acceptors (Lipinski definition) is 0. The largest absolute Gasteiger partial charge is 0.516 e. The Morgan fingerprint density at radius 1 is 0.800 bits per heavy atom. The van der Waals surface area contributed by atoms with Gasteiger partial charge >= 0.3 is 0 Å². The van der Waals surface area contributed by atoms with E-state index in [1.165, 1.54) is 0 Å². The van der Waals surface area contributed by atoms with E-state index in [0.717, 1.165) is 0 Å². The van der Waals surface area contributed by atoms with Gasteiger partial charge in [-0.3, -0.25) is 6.58 Å². The Bertz CT molecular complexity index is 4.85. The first-order chi connectivity index (χ1) is 1.00. The third-order valence-electron chi connectivity index (χ3n) is 0. The molecule has 0 aliphatic rings. The maximum absolute atomic E-state index is 4.00. The van der Waals surface area contributed by atoms with Crippen LogP contribution in [0.25, 0.3) is 0 Å². The molecule has 0 heterocycles. The minimum atomic E-state index is 0. The second-order valence-corrected chi connectivity index (χ2v) is 0. The van der Waals surface area contributed by atoms with E-state index in [1.54, 1.807) is 0 Å². The summed E-state index contributed by atoms with van der Waals surface area (Å²) in [6, 6.07) is 0. The third kappa shape index (κ3) is 25.8. The summed E-state index contributed by atoms with van der Waals surface area (Å²) in [5.74, 6) is 0. The maximum atomic E-state index is 4.00. The molecule has 0 nitrogen and oxygen atoms in total. The molecular formula is C2H2W3-. The summed E-state index contributed by atoms with van der Waals surface area (Å²) < 4.78 is 0. The van der Waals surface area contributed by atoms with Gasteiger partial charge in [0, 0.05) is 63.2 Å². The van der Waals surface area contributed by atoms with E-state index in [0.29, 0.717) is 0 Å². The van der Waals surface area contributed by atoms with Crippen LogP contribution in [0.2, 0.25) is 0 Å². The molecule has 0 aliphatic heterocycles. The van der Waals surface area contributed by atoms with Crippen LogP contribution in [-0.2, 0) is 63.2 Å². The van der Waals surface area contributed by atoms with Crippen molar-refractivity contribution in [3.05, 3.63) is 13.2 Å². The van der Waals surface area contributed by atoms with Gasteiger partial charge in [-0.1, -0.05) is 0 Å². The summed E-state index contributed by atoms with van der Waals surface area (Å²) in [6.45, 7) is 8.00. The fraction of sp³-hybridized carbons (Fsp3) is 0. The van der Waals surface area contributed by atoms with Crippen LogP contribution in [0, 0.1) is 13.2 Å². The minimum absolute atomic E-state index is 0. The van der Waals surface area contributed by atoms with Crippen LogP contribution in [0.5, 0.6) is 0 Å². The molecule has 0 aromatic rings. The molecule has 0 aliphatic carbocycles. The molecule has 0 saturated carbocycles. The van der Waals surface area contributed by atoms with E-state index in [9.17, 15) is 0 Å². The molecule has 0 amide bonds. The number of rotatable bonds is 0. The molecule has 5 heavy (non-hydrogen) atoms. The predicted octanol–water partition coefficient (Wildman–Crippen LogP) is 0.401. The minimum Gasteiger partial charge on any atom is -0.516 e. The van der Waals surface area contributed by atoms with Crippen molar-refractivity contribution in [1.82, 2.24) is 0 Å². The van der Waals surface area contributed by atoms with Gasteiger partial charge in [-0.05, 0) is 0 Å². The summed E-state index contributed by atoms with van der Waals surface area (Å²) in [7, 11) is 0. The zero-order chi connectivity index (χ0) is 2.00. The first kappa shape index (κ1) is 29.1. The molecule has 0 N–H and O–H groups in total. The van der Waals surface area contributed by atoms with Gasteiger partial charge < -0.3 is 6.58 Å². The summed E-state index contributed by atoms with van der Waals surface area (Å²) in [6.07, 6.45) is 0. The summed E-state index contributed by atoms with van der Waals surface area (Å²) in [5, 5.41) is 0. The summed E-state index contributed by atoms with van der Waals surface area (Å²) in [4.78, 5) is 0. The zero-order valence-corrected chi connectivity index (χ0v) is 11.2. The van der Waals surface area contributed by atoms with E-state index >= 15 is 0 Å². The molecule has 3 heteroatoms. The van der Waals surface area contributed by atoms with Gasteiger partial charge in [-0.25, -0.2) is 0 Å². The van der Waals surface area contributed by atoms with Crippen molar-refractivity contribution in [2.75, 3.05) is 0 Å². The zero-order valence-electron chi connectivity index (χ0n) is 2.38. The standard InChI is InChI=1S/C2H2.3W/c1-2;;;/h1-2H;;;/q-1;;;. The van der Waals surface area contributed by atoms with E-state index in [4.69, 9.17) is 0 Å². The molecular weight excluding hydrogens is 576 g/mol. The Balaban J connectivity index is -0.00000000167. The van der Waals surface area contributed by atoms with Crippen LogP contribution in [0.1, 0.15) is 0 Å². The SMILES string of the molecule is [CH]=[CH-].[W].[W].[W]. The average Bonchev–Trinajstić information content (AvgIpc) is 1.00. The maximum Gasteiger partial charge on any atom is 0 e. The van der Waals surface area contributed by atoms with E-state index in [2.05, 4.69) is 13.2 Å². The van der Waals surface area contributed by atoms with Gasteiger partial charge in [0.1, 0.15) is 0 Å². The molecule has 0 rings (SSSR count). The quantitative estimate of drug-likeness (QED) is 0.366. The molecule has 0 fully saturated rings. The van der Waals surface area contributed by atoms with Gasteiger partial charge in [0.25, 0.3) is 0 Å². The van der Waals surface area contributed by atoms with Crippen molar-refractivity contribution in [2.24, 2.45) is 0 Å². The van der Waals surface area contributed by atoms with Crippen LogP contribution >= 0.6 is 0 Å². The molecule has 0 atom stereocenters. The molecule has 0 bridgehead atoms. The molecule has 29 valence electrons. The van der Waals surface area contributed by atoms with Crippen LogP contribution < -0.4 is 0 Å². The van der Waals surface area contributed by atoms with Crippen LogP contribution in [0.3, 0.4) is 0 Å².